The summed E-state index contributed by atoms with van der Waals surface area (Å²) in [5.74, 6) is 0.313. The second-order valence-corrected chi connectivity index (χ2v) is 12.6. The van der Waals surface area contributed by atoms with Gasteiger partial charge in [-0.05, 0) is 105 Å². The van der Waals surface area contributed by atoms with Crippen LogP contribution in [0.15, 0.2) is 64.0 Å². The minimum Gasteiger partial charge on any atom is -0.484 e. The van der Waals surface area contributed by atoms with Crippen LogP contribution in [-0.2, 0) is 14.8 Å². The van der Waals surface area contributed by atoms with Crippen molar-refractivity contribution in [1.29, 1.82) is 0 Å². The third-order valence-electron chi connectivity index (χ3n) is 7.23. The molecule has 1 atom stereocenters. The highest BCUT2D eigenvalue weighted by Gasteiger charge is 2.27. The molecule has 9 heteroatoms. The Hall–Kier alpha value is -3.04. The summed E-state index contributed by atoms with van der Waals surface area (Å²) in [7, 11) is -2.21. The molecule has 1 N–H and O–H groups in total. The van der Waals surface area contributed by atoms with Gasteiger partial charge in [-0.1, -0.05) is 22.0 Å². The summed E-state index contributed by atoms with van der Waals surface area (Å²) in [6, 6.07) is 17.0. The summed E-state index contributed by atoms with van der Waals surface area (Å²) in [5, 5.41) is 3.05. The number of nitrogens with zero attached hydrogens (tertiary/aromatic N) is 2. The van der Waals surface area contributed by atoms with Gasteiger partial charge in [0.15, 0.2) is 6.61 Å². The Kier molecular flexibility index (Phi) is 8.37. The van der Waals surface area contributed by atoms with Crippen molar-refractivity contribution in [1.82, 2.24) is 5.32 Å². The van der Waals surface area contributed by atoms with Gasteiger partial charge in [0.1, 0.15) is 5.75 Å². The van der Waals surface area contributed by atoms with Crippen LogP contribution >= 0.6 is 15.9 Å². The van der Waals surface area contributed by atoms with Gasteiger partial charge in [-0.15, -0.1) is 0 Å². The molecule has 1 aliphatic heterocycles. The van der Waals surface area contributed by atoms with Crippen molar-refractivity contribution in [2.75, 3.05) is 35.9 Å². The minimum atomic E-state index is -3.76. The molecule has 0 saturated carbocycles. The Labute approximate surface area is 234 Å². The van der Waals surface area contributed by atoms with Gasteiger partial charge >= 0.3 is 0 Å². The Bertz CT molecular complexity index is 1400. The molecule has 0 aliphatic carbocycles. The second-order valence-electron chi connectivity index (χ2n) is 9.82. The minimum absolute atomic E-state index is 0.0631. The first kappa shape index (κ1) is 28.0. The Morgan fingerprint density at radius 2 is 1.63 bits per heavy atom. The molecule has 1 fully saturated rings. The third-order valence-corrected chi connectivity index (χ3v) is 9.82. The van der Waals surface area contributed by atoms with Crippen molar-refractivity contribution >= 4 is 43.2 Å². The lowest BCUT2D eigenvalue weighted by Crippen LogP contribution is -2.39. The van der Waals surface area contributed by atoms with Crippen LogP contribution in [0.4, 0.5) is 11.4 Å². The molecule has 0 spiro atoms. The molecule has 0 radical (unpaired) electrons. The molecule has 1 aliphatic rings. The smallest absolute Gasteiger partial charge is 0.264 e. The van der Waals surface area contributed by atoms with E-state index in [1.807, 2.05) is 45.9 Å². The highest BCUT2D eigenvalue weighted by Crippen LogP contribution is 2.31. The van der Waals surface area contributed by atoms with Crippen molar-refractivity contribution < 1.29 is 17.9 Å². The van der Waals surface area contributed by atoms with Gasteiger partial charge in [-0.2, -0.15) is 0 Å². The van der Waals surface area contributed by atoms with Crippen LogP contribution in [0.1, 0.15) is 28.7 Å². The molecule has 0 bridgehead atoms. The van der Waals surface area contributed by atoms with E-state index in [2.05, 4.69) is 38.3 Å². The van der Waals surface area contributed by atoms with Crippen LogP contribution in [0.25, 0.3) is 0 Å². The predicted octanol–water partition coefficient (Wildman–Crippen LogP) is 5.28. The maximum absolute atomic E-state index is 13.5. The number of carbonyl (C=O) groups is 1. The average Bonchev–Trinajstić information content (AvgIpc) is 3.35. The quantitative estimate of drug-likeness (QED) is 0.381. The van der Waals surface area contributed by atoms with Crippen molar-refractivity contribution in [3.8, 4) is 5.75 Å². The summed E-state index contributed by atoms with van der Waals surface area (Å²) >= 11 is 3.46. The lowest BCUT2D eigenvalue weighted by atomic mass is 10.0. The number of nitrogens with one attached hydrogen (secondary N) is 1. The van der Waals surface area contributed by atoms with E-state index in [9.17, 15) is 13.2 Å². The van der Waals surface area contributed by atoms with Crippen LogP contribution in [-0.4, -0.2) is 47.1 Å². The van der Waals surface area contributed by atoms with Gasteiger partial charge in [0.2, 0.25) is 0 Å². The zero-order valence-electron chi connectivity index (χ0n) is 22.4. The summed E-state index contributed by atoms with van der Waals surface area (Å²) in [4.78, 5) is 15.1. The number of aryl methyl sites for hydroxylation is 2. The maximum Gasteiger partial charge on any atom is 0.264 e. The lowest BCUT2D eigenvalue weighted by Gasteiger charge is -2.24. The lowest BCUT2D eigenvalue weighted by molar-refractivity contribution is -0.123. The summed E-state index contributed by atoms with van der Waals surface area (Å²) in [5.41, 5.74) is 5.05. The first-order valence-corrected chi connectivity index (χ1v) is 14.8. The molecular weight excluding hydrogens is 566 g/mol. The van der Waals surface area contributed by atoms with Crippen LogP contribution in [0, 0.1) is 27.7 Å². The third kappa shape index (κ3) is 5.99. The molecular formula is C29H34BrN3O4S. The molecule has 202 valence electrons. The zero-order chi connectivity index (χ0) is 27.6. The number of rotatable bonds is 8. The van der Waals surface area contributed by atoms with Crippen LogP contribution in [0.3, 0.4) is 0 Å². The molecule has 3 aromatic carbocycles. The van der Waals surface area contributed by atoms with Gasteiger partial charge in [0.05, 0.1) is 10.6 Å². The highest BCUT2D eigenvalue weighted by molar-refractivity contribution is 9.10. The largest absolute Gasteiger partial charge is 0.484 e. The van der Waals surface area contributed by atoms with Crippen molar-refractivity contribution in [3.63, 3.8) is 0 Å². The Morgan fingerprint density at radius 3 is 2.24 bits per heavy atom. The molecule has 1 amide bonds. The molecule has 3 aromatic rings. The van der Waals surface area contributed by atoms with E-state index >= 15 is 0 Å². The van der Waals surface area contributed by atoms with Gasteiger partial charge < -0.3 is 15.0 Å². The van der Waals surface area contributed by atoms with Gasteiger partial charge in [0, 0.05) is 36.3 Å². The van der Waals surface area contributed by atoms with Crippen molar-refractivity contribution in [2.24, 2.45) is 0 Å². The molecule has 1 saturated heterocycles. The van der Waals surface area contributed by atoms with Crippen molar-refractivity contribution in [3.05, 3.63) is 81.3 Å². The molecule has 4 rings (SSSR count). The first-order chi connectivity index (χ1) is 18.0. The predicted molar refractivity (Wildman–Crippen MR) is 156 cm³/mol. The fourth-order valence-corrected chi connectivity index (χ4v) is 6.81. The number of ether oxygens (including phenoxy) is 1. The van der Waals surface area contributed by atoms with E-state index in [1.165, 1.54) is 4.31 Å². The van der Waals surface area contributed by atoms with Crippen LogP contribution in [0.2, 0.25) is 0 Å². The average molecular weight is 601 g/mol. The summed E-state index contributed by atoms with van der Waals surface area (Å²) in [6.45, 7) is 9.06. The SMILES string of the molecule is Cc1cc(C)c(C)c(S(=O)(=O)N(C)c2ccc(OCC(=O)NC3CCN(c4ccc(Br)cc4)C3)cc2)c1C. The number of anilines is 2. The van der Waals surface area contributed by atoms with Crippen molar-refractivity contribution in [2.45, 2.75) is 45.1 Å². The standard InChI is InChI=1S/C29H34BrN3O4S/c1-19-16-20(2)22(4)29(21(19)3)38(35,36)32(5)25-10-12-27(13-11-25)37-18-28(34)31-24-14-15-33(17-24)26-8-6-23(30)7-9-26/h6-13,16,24H,14-15,17-18H2,1-5H3,(H,31,34). The Balaban J connectivity index is 1.34. The zero-order valence-corrected chi connectivity index (χ0v) is 24.8. The fraction of sp³-hybridized carbons (Fsp3) is 0.345. The highest BCUT2D eigenvalue weighted by atomic mass is 79.9. The number of sulfonamides is 1. The molecule has 1 unspecified atom stereocenters. The normalized spacial score (nSPS) is 15.4. The number of benzene rings is 3. The monoisotopic (exact) mass is 599 g/mol. The number of hydrogen-bond acceptors (Lipinski definition) is 5. The van der Waals surface area contributed by atoms with Crippen LogP contribution < -0.4 is 19.3 Å². The number of halogens is 1. The topological polar surface area (TPSA) is 78.9 Å². The first-order valence-electron chi connectivity index (χ1n) is 12.6. The van der Waals surface area contributed by atoms with E-state index in [-0.39, 0.29) is 18.6 Å². The van der Waals surface area contributed by atoms with E-state index in [1.54, 1.807) is 31.3 Å². The van der Waals surface area contributed by atoms with Gasteiger partial charge in [0.25, 0.3) is 15.9 Å². The van der Waals surface area contributed by atoms with Gasteiger partial charge in [-0.3, -0.25) is 9.10 Å². The molecule has 38 heavy (non-hydrogen) atoms. The summed E-state index contributed by atoms with van der Waals surface area (Å²) < 4.78 is 35.0. The summed E-state index contributed by atoms with van der Waals surface area (Å²) in [6.07, 6.45) is 0.872. The fourth-order valence-electron chi connectivity index (χ4n) is 4.78. The molecule has 0 aromatic heterocycles. The van der Waals surface area contributed by atoms with Gasteiger partial charge in [-0.25, -0.2) is 8.42 Å². The molecule has 1 heterocycles. The van der Waals surface area contributed by atoms with E-state index in [0.29, 0.717) is 16.3 Å². The maximum atomic E-state index is 13.5. The van der Waals surface area contributed by atoms with E-state index in [0.717, 1.165) is 51.9 Å². The molecule has 7 nitrogen and oxygen atoms in total. The van der Waals surface area contributed by atoms with Crippen LogP contribution in [0.5, 0.6) is 5.75 Å². The number of hydrogen-bond donors (Lipinski definition) is 1. The number of carbonyl (C=O) groups excluding carboxylic acids is 1. The van der Waals surface area contributed by atoms with E-state index in [4.69, 9.17) is 4.74 Å². The van der Waals surface area contributed by atoms with E-state index < -0.39 is 10.0 Å². The number of amides is 1. The Morgan fingerprint density at radius 1 is 1.03 bits per heavy atom. The second kappa shape index (κ2) is 11.4.